The molecule has 0 radical (unpaired) electrons. The second-order valence-electron chi connectivity index (χ2n) is 10.5. The fourth-order valence-corrected chi connectivity index (χ4v) is 5.77. The van der Waals surface area contributed by atoms with Gasteiger partial charge in [0.1, 0.15) is 12.3 Å². The monoisotopic (exact) mass is 570 g/mol. The molecule has 4 aromatic carbocycles. The van der Waals surface area contributed by atoms with Gasteiger partial charge in [0.2, 0.25) is 5.91 Å². The molecule has 41 heavy (non-hydrogen) atoms. The molecular weight excluding hydrogens is 536 g/mol. The third kappa shape index (κ3) is 7.02. The highest BCUT2D eigenvalue weighted by molar-refractivity contribution is 7.92. The summed E-state index contributed by atoms with van der Waals surface area (Å²) in [6.45, 7) is 7.94. The number of ketones is 1. The minimum absolute atomic E-state index is 0.0309. The van der Waals surface area contributed by atoms with Crippen LogP contribution >= 0.6 is 0 Å². The molecule has 0 spiro atoms. The number of nitrogens with one attached hydrogen (secondary N) is 1. The molecule has 4 rings (SSSR count). The summed E-state index contributed by atoms with van der Waals surface area (Å²) in [4.78, 5) is 26.5. The molecule has 1 N–H and O–H groups in total. The van der Waals surface area contributed by atoms with Gasteiger partial charge in [-0.1, -0.05) is 87.5 Å². The quantitative estimate of drug-likeness (QED) is 0.221. The van der Waals surface area contributed by atoms with Gasteiger partial charge in [0.15, 0.2) is 5.78 Å². The van der Waals surface area contributed by atoms with Crippen LogP contribution in [0, 0.1) is 0 Å². The first-order chi connectivity index (χ1) is 19.5. The number of carbonyl (C=O) groups excluding carboxylic acids is 2. The third-order valence-corrected chi connectivity index (χ3v) is 8.25. The Morgan fingerprint density at radius 1 is 0.805 bits per heavy atom. The number of amides is 1. The van der Waals surface area contributed by atoms with E-state index in [2.05, 4.69) is 26.1 Å². The van der Waals surface area contributed by atoms with Crippen molar-refractivity contribution in [3.05, 3.63) is 120 Å². The van der Waals surface area contributed by atoms with Gasteiger partial charge in [0.05, 0.1) is 17.2 Å². The number of ether oxygens (including phenoxy) is 1. The van der Waals surface area contributed by atoms with Gasteiger partial charge in [-0.3, -0.25) is 13.9 Å². The Labute approximate surface area is 241 Å². The number of nitrogens with zero attached hydrogens (tertiary/aromatic N) is 1. The van der Waals surface area contributed by atoms with Crippen molar-refractivity contribution in [2.24, 2.45) is 0 Å². The van der Waals surface area contributed by atoms with Crippen molar-refractivity contribution in [3.8, 4) is 5.75 Å². The predicted octanol–water partition coefficient (Wildman–Crippen LogP) is 6.45. The van der Waals surface area contributed by atoms with E-state index in [-0.39, 0.29) is 21.8 Å². The van der Waals surface area contributed by atoms with E-state index >= 15 is 0 Å². The third-order valence-electron chi connectivity index (χ3n) is 6.47. The first-order valence-electron chi connectivity index (χ1n) is 13.4. The minimum atomic E-state index is -4.12. The Morgan fingerprint density at radius 2 is 1.46 bits per heavy atom. The molecule has 0 heterocycles. The average molecular weight is 571 g/mol. The van der Waals surface area contributed by atoms with Crippen molar-refractivity contribution in [2.75, 3.05) is 22.8 Å². The second kappa shape index (κ2) is 12.4. The zero-order chi connectivity index (χ0) is 29.6. The molecule has 8 heteroatoms. The Kier molecular flexibility index (Phi) is 8.93. The number of sulfonamides is 1. The van der Waals surface area contributed by atoms with Crippen LogP contribution in [0.1, 0.15) is 49.2 Å². The summed E-state index contributed by atoms with van der Waals surface area (Å²) in [5, 5.41) is 2.75. The fourth-order valence-electron chi connectivity index (χ4n) is 4.32. The molecule has 0 unspecified atom stereocenters. The Morgan fingerprint density at radius 3 is 2.12 bits per heavy atom. The van der Waals surface area contributed by atoms with Crippen molar-refractivity contribution < 1.29 is 22.7 Å². The van der Waals surface area contributed by atoms with Crippen LogP contribution in [0.25, 0.3) is 0 Å². The molecule has 0 saturated carbocycles. The van der Waals surface area contributed by atoms with E-state index < -0.39 is 22.5 Å². The van der Waals surface area contributed by atoms with Crippen molar-refractivity contribution in [3.63, 3.8) is 0 Å². The SMILES string of the molecule is CCOc1ccccc1N(CC(=O)Nc1cccc(C(=O)c2ccc(C(C)(C)C)cc2)c1)S(=O)(=O)c1ccccc1. The van der Waals surface area contributed by atoms with E-state index in [0.717, 1.165) is 9.87 Å². The first kappa shape index (κ1) is 29.6. The van der Waals surface area contributed by atoms with Crippen molar-refractivity contribution in [2.45, 2.75) is 38.0 Å². The van der Waals surface area contributed by atoms with Crippen LogP contribution in [0.2, 0.25) is 0 Å². The zero-order valence-corrected chi connectivity index (χ0v) is 24.4. The fraction of sp³-hybridized carbons (Fsp3) is 0.212. The highest BCUT2D eigenvalue weighted by Gasteiger charge is 2.29. The molecule has 0 aliphatic rings. The maximum absolute atomic E-state index is 13.7. The molecule has 7 nitrogen and oxygen atoms in total. The number of anilines is 2. The highest BCUT2D eigenvalue weighted by atomic mass is 32.2. The van der Waals surface area contributed by atoms with Crippen LogP contribution in [-0.2, 0) is 20.2 Å². The van der Waals surface area contributed by atoms with Gasteiger partial charge in [-0.2, -0.15) is 0 Å². The van der Waals surface area contributed by atoms with E-state index in [1.54, 1.807) is 85.8 Å². The molecule has 0 saturated heterocycles. The van der Waals surface area contributed by atoms with Gasteiger partial charge in [0, 0.05) is 16.8 Å². The van der Waals surface area contributed by atoms with Crippen LogP contribution in [0.4, 0.5) is 11.4 Å². The molecule has 0 bridgehead atoms. The Balaban J connectivity index is 1.59. The maximum Gasteiger partial charge on any atom is 0.264 e. The van der Waals surface area contributed by atoms with Crippen LogP contribution in [-0.4, -0.2) is 33.3 Å². The molecule has 0 aromatic heterocycles. The maximum atomic E-state index is 13.7. The lowest BCUT2D eigenvalue weighted by Gasteiger charge is -2.26. The van der Waals surface area contributed by atoms with Gasteiger partial charge < -0.3 is 10.1 Å². The largest absolute Gasteiger partial charge is 0.492 e. The summed E-state index contributed by atoms with van der Waals surface area (Å²) < 4.78 is 34.1. The van der Waals surface area contributed by atoms with Crippen LogP contribution in [0.5, 0.6) is 5.75 Å². The van der Waals surface area contributed by atoms with Crippen LogP contribution < -0.4 is 14.4 Å². The van der Waals surface area contributed by atoms with E-state index in [4.69, 9.17) is 4.74 Å². The molecule has 0 fully saturated rings. The number of carbonyl (C=O) groups is 2. The second-order valence-corrected chi connectivity index (χ2v) is 12.4. The van der Waals surface area contributed by atoms with Gasteiger partial charge >= 0.3 is 0 Å². The standard InChI is InChI=1S/C33H34N2O5S/c1-5-40-30-17-10-9-16-29(30)35(41(38,39)28-14-7-6-8-15-28)23-31(36)34-27-13-11-12-25(22-27)32(37)24-18-20-26(21-19-24)33(2,3)4/h6-22H,5,23H2,1-4H3,(H,34,36). The lowest BCUT2D eigenvalue weighted by atomic mass is 9.86. The van der Waals surface area contributed by atoms with Gasteiger partial charge in [-0.25, -0.2) is 8.42 Å². The average Bonchev–Trinajstić information content (AvgIpc) is 2.96. The summed E-state index contributed by atoms with van der Waals surface area (Å²) in [5.41, 5.74) is 2.65. The van der Waals surface area contributed by atoms with Gasteiger partial charge in [-0.05, 0) is 54.3 Å². The van der Waals surface area contributed by atoms with Crippen molar-refractivity contribution >= 4 is 33.1 Å². The van der Waals surface area contributed by atoms with E-state index in [0.29, 0.717) is 29.2 Å². The van der Waals surface area contributed by atoms with Crippen LogP contribution in [0.15, 0.2) is 108 Å². The molecule has 0 aliphatic carbocycles. The van der Waals surface area contributed by atoms with Gasteiger partial charge in [-0.15, -0.1) is 0 Å². The van der Waals surface area contributed by atoms with E-state index in [1.807, 2.05) is 12.1 Å². The number of para-hydroxylation sites is 2. The highest BCUT2D eigenvalue weighted by Crippen LogP contribution is 2.32. The zero-order valence-electron chi connectivity index (χ0n) is 23.6. The minimum Gasteiger partial charge on any atom is -0.492 e. The topological polar surface area (TPSA) is 92.8 Å². The number of hydrogen-bond donors (Lipinski definition) is 1. The van der Waals surface area contributed by atoms with Gasteiger partial charge in [0.25, 0.3) is 10.0 Å². The molecular formula is C33H34N2O5S. The van der Waals surface area contributed by atoms with Crippen molar-refractivity contribution in [1.29, 1.82) is 0 Å². The summed E-state index contributed by atoms with van der Waals surface area (Å²) in [6, 6.07) is 28.7. The first-order valence-corrected chi connectivity index (χ1v) is 14.8. The Bertz CT molecular complexity index is 1630. The molecule has 0 aliphatic heterocycles. The summed E-state index contributed by atoms with van der Waals surface area (Å²) in [6.07, 6.45) is 0. The number of rotatable bonds is 10. The number of benzene rings is 4. The molecule has 0 atom stereocenters. The predicted molar refractivity (Wildman–Crippen MR) is 162 cm³/mol. The Hall–Kier alpha value is -4.43. The van der Waals surface area contributed by atoms with Crippen LogP contribution in [0.3, 0.4) is 0 Å². The molecule has 4 aromatic rings. The normalized spacial score (nSPS) is 11.5. The lowest BCUT2D eigenvalue weighted by molar-refractivity contribution is -0.114. The van der Waals surface area contributed by atoms with E-state index in [1.165, 1.54) is 12.1 Å². The van der Waals surface area contributed by atoms with E-state index in [9.17, 15) is 18.0 Å². The number of hydrogen-bond acceptors (Lipinski definition) is 5. The molecule has 212 valence electrons. The smallest absolute Gasteiger partial charge is 0.264 e. The lowest BCUT2D eigenvalue weighted by Crippen LogP contribution is -2.38. The summed E-state index contributed by atoms with van der Waals surface area (Å²) in [7, 11) is -4.12. The van der Waals surface area contributed by atoms with Crippen molar-refractivity contribution in [1.82, 2.24) is 0 Å². The molecule has 1 amide bonds. The summed E-state index contributed by atoms with van der Waals surface area (Å²) in [5.74, 6) is -0.414. The summed E-state index contributed by atoms with van der Waals surface area (Å²) >= 11 is 0.